The maximum absolute atomic E-state index is 5.84. The number of rotatable bonds is 0. The Kier molecular flexibility index (Phi) is 3.71. The number of allylic oxidation sites excluding steroid dienone is 4. The quantitative estimate of drug-likeness (QED) is 0.444. The van der Waals surface area contributed by atoms with Crippen LogP contribution in [0.5, 0.6) is 0 Å². The topological polar surface area (TPSA) is 52.2 Å². The zero-order chi connectivity index (χ0) is 9.71. The molecule has 0 saturated carbocycles. The fourth-order valence-electron chi connectivity index (χ4n) is 2.29. The van der Waals surface area contributed by atoms with Gasteiger partial charge in [0.25, 0.3) is 0 Å². The number of nitrogens with one attached hydrogen (secondary N) is 1. The van der Waals surface area contributed by atoms with Gasteiger partial charge in [0.1, 0.15) is 0 Å². The Bertz CT molecular complexity index is 422. The van der Waals surface area contributed by atoms with Gasteiger partial charge in [0.15, 0.2) is 0 Å². The van der Waals surface area contributed by atoms with Crippen molar-refractivity contribution in [2.75, 3.05) is 0 Å². The van der Waals surface area contributed by atoms with Crippen LogP contribution in [-0.4, -0.2) is 23.8 Å². The second-order valence-electron chi connectivity index (χ2n) is 3.95. The molecule has 3 rings (SSSR count). The van der Waals surface area contributed by atoms with Crippen LogP contribution >= 0.6 is 0 Å². The molecule has 0 aromatic carbocycles. The van der Waals surface area contributed by atoms with Gasteiger partial charge in [-0.1, -0.05) is 0 Å². The molecule has 0 spiro atoms. The molecule has 2 unspecified atom stereocenters. The first-order chi connectivity index (χ1) is 6.75. The number of nitrogens with zero attached hydrogens (tertiary/aromatic N) is 1. The van der Waals surface area contributed by atoms with Gasteiger partial charge in [0.05, 0.1) is 0 Å². The minimum absolute atomic E-state index is 0. The molecule has 3 aliphatic rings. The predicted molar refractivity (Wildman–Crippen MR) is 56.0 cm³/mol. The third-order valence-electron chi connectivity index (χ3n) is 3.01. The Balaban J connectivity index is 0.000000853. The zero-order valence-electron chi connectivity index (χ0n) is 8.99. The van der Waals surface area contributed by atoms with E-state index in [1.807, 2.05) is 6.08 Å². The second-order valence-corrected chi connectivity index (χ2v) is 3.95. The molecule has 1 saturated heterocycles. The fraction of sp³-hybridized carbons (Fsp3) is 0.200. The van der Waals surface area contributed by atoms with Crippen molar-refractivity contribution in [1.29, 1.82) is 0 Å². The van der Waals surface area contributed by atoms with Crippen LogP contribution in [0.3, 0.4) is 0 Å². The van der Waals surface area contributed by atoms with E-state index in [9.17, 15) is 0 Å². The molecule has 3 N–H and O–H groups in total. The average molecular weight is 217 g/mol. The summed E-state index contributed by atoms with van der Waals surface area (Å²) in [6, 6.07) is 0.255. The van der Waals surface area contributed by atoms with Crippen LogP contribution in [0.4, 0.5) is 0 Å². The summed E-state index contributed by atoms with van der Waals surface area (Å²) in [5, 5.41) is 0. The van der Waals surface area contributed by atoms with Crippen LogP contribution < -0.4 is 62.5 Å². The molecule has 0 amide bonds. The van der Waals surface area contributed by atoms with Gasteiger partial charge < -0.3 is 0 Å². The molecule has 15 heavy (non-hydrogen) atoms. The number of hydrogen-bond donors (Lipinski definition) is 2. The molecule has 0 bridgehead atoms. The SMILES string of the molecule is [K+].[Li][C]1=CC=C2[N-]NC3C=C(N)C=C1C23. The molecule has 5 heteroatoms. The standard InChI is InChI=1S/C10H9N3.K.Li/c11-7-4-6-2-1-3-8-10(6)9(5-7)13-12-8;;/h1,3-5,9-10,13H,11H2;;/q-1;+1;. The summed E-state index contributed by atoms with van der Waals surface area (Å²) >= 11 is 2.12. The molecule has 0 radical (unpaired) electrons. The van der Waals surface area contributed by atoms with Gasteiger partial charge in [-0.05, 0) is 0 Å². The van der Waals surface area contributed by atoms with Crippen molar-refractivity contribution in [2.45, 2.75) is 6.04 Å². The van der Waals surface area contributed by atoms with Gasteiger partial charge in [-0.15, -0.1) is 0 Å². The monoisotopic (exact) mass is 217 g/mol. The molecular formula is C10H9KLiN3. The van der Waals surface area contributed by atoms with Crippen molar-refractivity contribution in [3.05, 3.63) is 50.9 Å². The first kappa shape index (κ1) is 12.2. The van der Waals surface area contributed by atoms with Crippen molar-refractivity contribution in [2.24, 2.45) is 11.7 Å². The summed E-state index contributed by atoms with van der Waals surface area (Å²) in [5.74, 6) is 0.382. The van der Waals surface area contributed by atoms with Crippen molar-refractivity contribution in [1.82, 2.24) is 5.43 Å². The van der Waals surface area contributed by atoms with Crippen LogP contribution in [-0.2, 0) is 0 Å². The van der Waals surface area contributed by atoms with Crippen LogP contribution in [0.1, 0.15) is 0 Å². The molecule has 1 aliphatic heterocycles. The van der Waals surface area contributed by atoms with E-state index in [1.165, 1.54) is 9.82 Å². The third kappa shape index (κ3) is 1.99. The Morgan fingerprint density at radius 2 is 2.20 bits per heavy atom. The van der Waals surface area contributed by atoms with Crippen LogP contribution in [0.15, 0.2) is 45.5 Å². The van der Waals surface area contributed by atoms with Crippen molar-refractivity contribution in [3.8, 4) is 0 Å². The van der Waals surface area contributed by atoms with Crippen molar-refractivity contribution >= 4 is 17.7 Å². The summed E-state index contributed by atoms with van der Waals surface area (Å²) in [4.78, 5) is 0. The molecule has 3 nitrogen and oxygen atoms in total. The maximum atomic E-state index is 5.84. The molecule has 2 aliphatic carbocycles. The fourth-order valence-corrected chi connectivity index (χ4v) is 2.29. The van der Waals surface area contributed by atoms with Gasteiger partial charge in [-0.25, -0.2) is 0 Å². The molecule has 66 valence electrons. The Hall–Kier alpha value is 0.754. The van der Waals surface area contributed by atoms with Crippen LogP contribution in [0.25, 0.3) is 5.43 Å². The Morgan fingerprint density at radius 3 is 3.00 bits per heavy atom. The molecule has 0 aromatic rings. The third-order valence-corrected chi connectivity index (χ3v) is 3.01. The predicted octanol–water partition coefficient (Wildman–Crippen LogP) is -2.40. The van der Waals surface area contributed by atoms with Gasteiger partial charge in [-0.2, -0.15) is 0 Å². The summed E-state index contributed by atoms with van der Waals surface area (Å²) in [7, 11) is 0. The van der Waals surface area contributed by atoms with Gasteiger partial charge in [0.2, 0.25) is 0 Å². The number of hydrogen-bond acceptors (Lipinski definition) is 2. The van der Waals surface area contributed by atoms with Gasteiger partial charge in [-0.3, -0.25) is 0 Å². The van der Waals surface area contributed by atoms with E-state index in [0.29, 0.717) is 5.92 Å². The van der Waals surface area contributed by atoms with Gasteiger partial charge >= 0.3 is 143 Å². The summed E-state index contributed by atoms with van der Waals surface area (Å²) in [6.07, 6.45) is 8.28. The van der Waals surface area contributed by atoms with E-state index in [4.69, 9.17) is 5.73 Å². The summed E-state index contributed by atoms with van der Waals surface area (Å²) < 4.78 is 1.29. The van der Waals surface area contributed by atoms with E-state index in [2.05, 4.69) is 46.8 Å². The zero-order valence-corrected chi connectivity index (χ0v) is 12.1. The summed E-state index contributed by atoms with van der Waals surface area (Å²) in [6.45, 7) is 0. The van der Waals surface area contributed by atoms with Crippen LogP contribution in [0, 0.1) is 5.92 Å². The molecule has 0 aromatic heterocycles. The van der Waals surface area contributed by atoms with E-state index in [1.54, 1.807) is 0 Å². The van der Waals surface area contributed by atoms with Crippen molar-refractivity contribution < 1.29 is 51.4 Å². The van der Waals surface area contributed by atoms with E-state index in [0.717, 1.165) is 11.4 Å². The molecule has 2 atom stereocenters. The van der Waals surface area contributed by atoms with Crippen LogP contribution in [0.2, 0.25) is 0 Å². The molecule has 1 heterocycles. The number of nitrogens with two attached hydrogens (primary N) is 1. The van der Waals surface area contributed by atoms with E-state index in [-0.39, 0.29) is 57.4 Å². The van der Waals surface area contributed by atoms with Crippen molar-refractivity contribution in [3.63, 3.8) is 0 Å². The second kappa shape index (κ2) is 4.55. The normalized spacial score (nSPS) is 31.3. The van der Waals surface area contributed by atoms with Gasteiger partial charge in [0, 0.05) is 0 Å². The first-order valence-electron chi connectivity index (χ1n) is 4.80. The summed E-state index contributed by atoms with van der Waals surface area (Å²) in [5.41, 5.74) is 16.5. The molecular weight excluding hydrogens is 208 g/mol. The Morgan fingerprint density at radius 1 is 1.40 bits per heavy atom. The Labute approximate surface area is 141 Å². The minimum atomic E-state index is 0. The average Bonchev–Trinajstić information content (AvgIpc) is 2.55. The first-order valence-corrected chi connectivity index (χ1v) is 4.80. The van der Waals surface area contributed by atoms with E-state index >= 15 is 0 Å². The molecule has 1 fully saturated rings. The van der Waals surface area contributed by atoms with E-state index < -0.39 is 0 Å².